The van der Waals surface area contributed by atoms with Crippen LogP contribution in [0.2, 0.25) is 5.02 Å². The van der Waals surface area contributed by atoms with Gasteiger partial charge in [0, 0.05) is 16.1 Å². The zero-order chi connectivity index (χ0) is 15.2. The first-order valence-electron chi connectivity index (χ1n) is 6.18. The topological polar surface area (TPSA) is 50.1 Å². The minimum absolute atomic E-state index is 0.0331. The third-order valence-corrected chi connectivity index (χ3v) is 3.26. The van der Waals surface area contributed by atoms with Crippen LogP contribution < -0.4 is 0 Å². The summed E-state index contributed by atoms with van der Waals surface area (Å²) in [6.45, 7) is -0.0331. The molecule has 2 rings (SSSR count). The monoisotopic (exact) mass is 303 g/mol. The molecule has 2 aromatic carbocycles. The van der Waals surface area contributed by atoms with Gasteiger partial charge in [0.1, 0.15) is 12.4 Å². The maximum absolute atomic E-state index is 13.6. The number of esters is 1. The average Bonchev–Trinajstić information content (AvgIpc) is 2.49. The lowest BCUT2D eigenvalue weighted by Crippen LogP contribution is -2.10. The Balaban J connectivity index is 2.02. The van der Waals surface area contributed by atoms with Gasteiger partial charge in [0.2, 0.25) is 0 Å². The van der Waals surface area contributed by atoms with Crippen LogP contribution in [0.3, 0.4) is 0 Å². The van der Waals surface area contributed by atoms with E-state index in [9.17, 15) is 9.18 Å². The molecule has 106 valence electrons. The second-order valence-corrected chi connectivity index (χ2v) is 4.71. The molecule has 0 radical (unpaired) electrons. The summed E-state index contributed by atoms with van der Waals surface area (Å²) in [5, 5.41) is 9.12. The van der Waals surface area contributed by atoms with Crippen LogP contribution in [0.5, 0.6) is 0 Å². The minimum Gasteiger partial charge on any atom is -0.461 e. The van der Waals surface area contributed by atoms with E-state index in [4.69, 9.17) is 21.6 Å². The first kappa shape index (κ1) is 15.0. The molecule has 0 spiro atoms. The molecular weight excluding hydrogens is 293 g/mol. The van der Waals surface area contributed by atoms with E-state index in [1.165, 1.54) is 18.2 Å². The van der Waals surface area contributed by atoms with Crippen LogP contribution >= 0.6 is 11.6 Å². The minimum atomic E-state index is -0.602. The van der Waals surface area contributed by atoms with Crippen molar-refractivity contribution in [3.05, 3.63) is 70.0 Å². The number of nitriles is 1. The molecule has 0 bridgehead atoms. The van der Waals surface area contributed by atoms with Crippen molar-refractivity contribution in [1.82, 2.24) is 0 Å². The Morgan fingerprint density at radius 3 is 2.71 bits per heavy atom. The fraction of sp³-hybridized carbons (Fsp3) is 0.125. The van der Waals surface area contributed by atoms with E-state index in [-0.39, 0.29) is 23.6 Å². The maximum atomic E-state index is 13.6. The van der Waals surface area contributed by atoms with Gasteiger partial charge in [0.25, 0.3) is 0 Å². The quantitative estimate of drug-likeness (QED) is 0.810. The molecule has 5 heteroatoms. The summed E-state index contributed by atoms with van der Waals surface area (Å²) in [4.78, 5) is 11.8. The van der Waals surface area contributed by atoms with Crippen LogP contribution in [-0.4, -0.2) is 5.97 Å². The van der Waals surface area contributed by atoms with Gasteiger partial charge in [0.15, 0.2) is 0 Å². The molecule has 0 unspecified atom stereocenters. The highest BCUT2D eigenvalue weighted by Gasteiger charge is 2.13. The first-order valence-corrected chi connectivity index (χ1v) is 6.56. The summed E-state index contributed by atoms with van der Waals surface area (Å²) in [7, 11) is 0. The molecule has 0 aliphatic heterocycles. The van der Waals surface area contributed by atoms with Crippen molar-refractivity contribution in [3.8, 4) is 6.07 Å². The van der Waals surface area contributed by atoms with Gasteiger partial charge in [-0.25, -0.2) is 4.39 Å². The fourth-order valence-electron chi connectivity index (χ4n) is 1.81. The molecule has 0 amide bonds. The molecule has 0 atom stereocenters. The Morgan fingerprint density at radius 1 is 1.24 bits per heavy atom. The molecule has 2 aromatic rings. The molecule has 0 N–H and O–H groups in total. The molecular formula is C16H11ClFNO2. The standard InChI is InChI=1S/C16H11ClFNO2/c17-14-6-3-7-15(18)13(14)8-16(20)21-10-12-5-2-1-4-11(12)9-19/h1-7H,8,10H2. The van der Waals surface area contributed by atoms with E-state index in [1.54, 1.807) is 24.3 Å². The van der Waals surface area contributed by atoms with Crippen molar-refractivity contribution in [2.75, 3.05) is 0 Å². The normalized spacial score (nSPS) is 9.95. The lowest BCUT2D eigenvalue weighted by atomic mass is 10.1. The van der Waals surface area contributed by atoms with E-state index in [2.05, 4.69) is 0 Å². The molecule has 0 aliphatic carbocycles. The van der Waals surface area contributed by atoms with Crippen LogP contribution in [0, 0.1) is 17.1 Å². The summed E-state index contributed by atoms with van der Waals surface area (Å²) < 4.78 is 18.6. The van der Waals surface area contributed by atoms with E-state index < -0.39 is 11.8 Å². The number of ether oxygens (including phenoxy) is 1. The highest BCUT2D eigenvalue weighted by molar-refractivity contribution is 6.31. The van der Waals surface area contributed by atoms with Gasteiger partial charge in [-0.05, 0) is 18.2 Å². The summed E-state index contributed by atoms with van der Waals surface area (Å²) in [5.41, 5.74) is 1.15. The Morgan fingerprint density at radius 2 is 2.00 bits per heavy atom. The Labute approximate surface area is 126 Å². The highest BCUT2D eigenvalue weighted by atomic mass is 35.5. The SMILES string of the molecule is N#Cc1ccccc1COC(=O)Cc1c(F)cccc1Cl. The largest absolute Gasteiger partial charge is 0.461 e. The van der Waals surface area contributed by atoms with Crippen molar-refractivity contribution in [2.45, 2.75) is 13.0 Å². The van der Waals surface area contributed by atoms with Crippen molar-refractivity contribution >= 4 is 17.6 Å². The zero-order valence-corrected chi connectivity index (χ0v) is 11.7. The van der Waals surface area contributed by atoms with Gasteiger partial charge in [-0.2, -0.15) is 5.26 Å². The Hall–Kier alpha value is -2.38. The summed E-state index contributed by atoms with van der Waals surface area (Å²) in [6, 6.07) is 13.0. The second-order valence-electron chi connectivity index (χ2n) is 4.31. The second kappa shape index (κ2) is 6.87. The molecule has 0 heterocycles. The third-order valence-electron chi connectivity index (χ3n) is 2.91. The van der Waals surface area contributed by atoms with Crippen molar-refractivity contribution in [1.29, 1.82) is 5.26 Å². The zero-order valence-electron chi connectivity index (χ0n) is 11.0. The number of rotatable bonds is 4. The van der Waals surface area contributed by atoms with E-state index >= 15 is 0 Å². The maximum Gasteiger partial charge on any atom is 0.310 e. The van der Waals surface area contributed by atoms with Gasteiger partial charge < -0.3 is 4.74 Å². The van der Waals surface area contributed by atoms with Gasteiger partial charge in [-0.3, -0.25) is 4.79 Å². The summed E-state index contributed by atoms with van der Waals surface area (Å²) in [6.07, 6.45) is -0.250. The lowest BCUT2D eigenvalue weighted by Gasteiger charge is -2.08. The van der Waals surface area contributed by atoms with Crippen LogP contribution in [0.4, 0.5) is 4.39 Å². The molecule has 3 nitrogen and oxygen atoms in total. The van der Waals surface area contributed by atoms with Crippen LogP contribution in [0.15, 0.2) is 42.5 Å². The predicted molar refractivity (Wildman–Crippen MR) is 76.1 cm³/mol. The molecule has 0 saturated carbocycles. The lowest BCUT2D eigenvalue weighted by molar-refractivity contribution is -0.144. The predicted octanol–water partition coefficient (Wildman–Crippen LogP) is 3.64. The number of hydrogen-bond acceptors (Lipinski definition) is 3. The van der Waals surface area contributed by atoms with Crippen LogP contribution in [0.1, 0.15) is 16.7 Å². The fourth-order valence-corrected chi connectivity index (χ4v) is 2.04. The van der Waals surface area contributed by atoms with Crippen LogP contribution in [0.25, 0.3) is 0 Å². The van der Waals surface area contributed by atoms with Crippen molar-refractivity contribution in [3.63, 3.8) is 0 Å². The summed E-state index contributed by atoms with van der Waals surface area (Å²) in [5.74, 6) is -1.15. The van der Waals surface area contributed by atoms with Gasteiger partial charge >= 0.3 is 5.97 Å². The Bertz CT molecular complexity index is 689. The van der Waals surface area contributed by atoms with Gasteiger partial charge in [0.05, 0.1) is 18.1 Å². The smallest absolute Gasteiger partial charge is 0.310 e. The molecule has 21 heavy (non-hydrogen) atoms. The number of benzene rings is 2. The Kier molecular flexibility index (Phi) is 4.91. The van der Waals surface area contributed by atoms with Gasteiger partial charge in [-0.15, -0.1) is 0 Å². The molecule has 0 fully saturated rings. The van der Waals surface area contributed by atoms with E-state index in [1.807, 2.05) is 6.07 Å². The average molecular weight is 304 g/mol. The number of carbonyl (C=O) groups excluding carboxylic acids is 1. The summed E-state index contributed by atoms with van der Waals surface area (Å²) >= 11 is 5.85. The van der Waals surface area contributed by atoms with Crippen molar-refractivity contribution in [2.24, 2.45) is 0 Å². The number of hydrogen-bond donors (Lipinski definition) is 0. The first-order chi connectivity index (χ1) is 10.1. The van der Waals surface area contributed by atoms with Crippen LogP contribution in [-0.2, 0) is 22.6 Å². The molecule has 0 aliphatic rings. The number of carbonyl (C=O) groups is 1. The van der Waals surface area contributed by atoms with Gasteiger partial charge in [-0.1, -0.05) is 35.9 Å². The number of nitrogens with zero attached hydrogens (tertiary/aromatic N) is 1. The third kappa shape index (κ3) is 3.80. The van der Waals surface area contributed by atoms with Crippen molar-refractivity contribution < 1.29 is 13.9 Å². The van der Waals surface area contributed by atoms with E-state index in [0.29, 0.717) is 11.1 Å². The molecule has 0 aromatic heterocycles. The molecule has 0 saturated heterocycles. The van der Waals surface area contributed by atoms with E-state index in [0.717, 1.165) is 0 Å². The number of halogens is 2. The highest BCUT2D eigenvalue weighted by Crippen LogP contribution is 2.20.